The molecule has 26 heavy (non-hydrogen) atoms. The lowest BCUT2D eigenvalue weighted by Crippen LogP contribution is -2.53. The Kier molecular flexibility index (Phi) is 6.00. The van der Waals surface area contributed by atoms with E-state index in [0.29, 0.717) is 18.5 Å². The van der Waals surface area contributed by atoms with Gasteiger partial charge in [0.2, 0.25) is 11.8 Å². The van der Waals surface area contributed by atoms with Crippen LogP contribution in [0.25, 0.3) is 0 Å². The van der Waals surface area contributed by atoms with Gasteiger partial charge in [-0.1, -0.05) is 42.5 Å². The lowest BCUT2D eigenvalue weighted by Gasteiger charge is -2.26. The van der Waals surface area contributed by atoms with Crippen molar-refractivity contribution in [1.29, 1.82) is 0 Å². The van der Waals surface area contributed by atoms with Crippen molar-refractivity contribution < 1.29 is 14.0 Å². The number of benzene rings is 2. The molecule has 2 atom stereocenters. The van der Waals surface area contributed by atoms with Gasteiger partial charge in [0, 0.05) is 6.54 Å². The molecule has 1 aliphatic rings. The molecule has 2 aromatic carbocycles. The van der Waals surface area contributed by atoms with Crippen molar-refractivity contribution in [1.82, 2.24) is 5.32 Å². The fraction of sp³-hybridized carbons (Fsp3) is 0.263. The fourth-order valence-electron chi connectivity index (χ4n) is 2.95. The lowest BCUT2D eigenvalue weighted by molar-refractivity contribution is -0.130. The van der Waals surface area contributed by atoms with E-state index in [0.717, 1.165) is 0 Å². The molecule has 0 saturated carbocycles. The summed E-state index contributed by atoms with van der Waals surface area (Å²) in [6.45, 7) is 1.95. The maximum atomic E-state index is 13.9. The van der Waals surface area contributed by atoms with Crippen LogP contribution in [-0.2, 0) is 15.1 Å². The van der Waals surface area contributed by atoms with Crippen LogP contribution in [0.15, 0.2) is 54.6 Å². The fourth-order valence-corrected chi connectivity index (χ4v) is 2.95. The van der Waals surface area contributed by atoms with E-state index in [-0.39, 0.29) is 24.0 Å². The van der Waals surface area contributed by atoms with Gasteiger partial charge in [0.05, 0.1) is 5.69 Å². The molecule has 0 radical (unpaired) electrons. The monoisotopic (exact) mass is 377 g/mol. The Morgan fingerprint density at radius 3 is 2.46 bits per heavy atom. The molecule has 0 aromatic heterocycles. The average molecular weight is 378 g/mol. The number of para-hydroxylation sites is 1. The summed E-state index contributed by atoms with van der Waals surface area (Å²) in [6, 6.07) is 14.4. The van der Waals surface area contributed by atoms with E-state index < -0.39 is 23.3 Å². The Bertz CT molecular complexity index is 798. The number of nitrogens with two attached hydrogens (primary N) is 1. The molecule has 1 aliphatic heterocycles. The number of nitrogens with one attached hydrogen (secondary N) is 1. The molecule has 3 rings (SSSR count). The van der Waals surface area contributed by atoms with Gasteiger partial charge in [0.15, 0.2) is 0 Å². The molecule has 2 amide bonds. The van der Waals surface area contributed by atoms with E-state index in [4.69, 9.17) is 5.73 Å². The third kappa shape index (κ3) is 3.71. The van der Waals surface area contributed by atoms with Crippen LogP contribution in [0, 0.1) is 5.82 Å². The maximum Gasteiger partial charge on any atom is 0.249 e. The molecule has 7 heteroatoms. The average Bonchev–Trinajstić information content (AvgIpc) is 2.97. The van der Waals surface area contributed by atoms with Gasteiger partial charge < -0.3 is 16.0 Å². The van der Waals surface area contributed by atoms with Crippen LogP contribution < -0.4 is 16.0 Å². The predicted molar refractivity (Wildman–Crippen MR) is 101 cm³/mol. The van der Waals surface area contributed by atoms with Crippen LogP contribution in [0.4, 0.5) is 10.1 Å². The van der Waals surface area contributed by atoms with Crippen molar-refractivity contribution >= 4 is 29.9 Å². The van der Waals surface area contributed by atoms with Gasteiger partial charge in [0.25, 0.3) is 0 Å². The zero-order chi connectivity index (χ0) is 18.0. The highest BCUT2D eigenvalue weighted by molar-refractivity contribution is 6.02. The van der Waals surface area contributed by atoms with Gasteiger partial charge in [-0.15, -0.1) is 12.4 Å². The molecule has 3 N–H and O–H groups in total. The largest absolute Gasteiger partial charge is 0.342 e. The molecule has 138 valence electrons. The number of hydrogen-bond donors (Lipinski definition) is 2. The third-order valence-electron chi connectivity index (χ3n) is 4.50. The maximum absolute atomic E-state index is 13.9. The number of anilines is 1. The number of carbonyl (C=O) groups excluding carboxylic acids is 2. The second kappa shape index (κ2) is 7.85. The number of hydrogen-bond acceptors (Lipinski definition) is 3. The van der Waals surface area contributed by atoms with Gasteiger partial charge in [-0.3, -0.25) is 9.59 Å². The topological polar surface area (TPSA) is 75.4 Å². The summed E-state index contributed by atoms with van der Waals surface area (Å²) in [5.74, 6) is -1.23. The van der Waals surface area contributed by atoms with Crippen molar-refractivity contribution in [2.24, 2.45) is 5.73 Å². The number of halogens is 2. The molecule has 0 aliphatic carbocycles. The predicted octanol–water partition coefficient (Wildman–Crippen LogP) is 2.34. The van der Waals surface area contributed by atoms with Crippen LogP contribution >= 0.6 is 12.4 Å². The van der Waals surface area contributed by atoms with Gasteiger partial charge in [-0.2, -0.15) is 0 Å². The Balaban J connectivity index is 0.00000243. The highest BCUT2D eigenvalue weighted by Gasteiger charge is 2.38. The Hall–Kier alpha value is -2.44. The van der Waals surface area contributed by atoms with Crippen LogP contribution in [0.3, 0.4) is 0 Å². The SMILES string of the molecule is CC(N)(C(=O)NC1CCN(c2ccccc2F)C1=O)c1ccccc1.Cl. The zero-order valence-electron chi connectivity index (χ0n) is 14.3. The molecular formula is C19H21ClFN3O2. The van der Waals surface area contributed by atoms with E-state index in [2.05, 4.69) is 5.32 Å². The number of amides is 2. The summed E-state index contributed by atoms with van der Waals surface area (Å²) < 4.78 is 13.9. The molecule has 1 heterocycles. The van der Waals surface area contributed by atoms with Crippen molar-refractivity contribution in [2.45, 2.75) is 24.9 Å². The zero-order valence-corrected chi connectivity index (χ0v) is 15.1. The number of nitrogens with zero attached hydrogens (tertiary/aromatic N) is 1. The summed E-state index contributed by atoms with van der Waals surface area (Å²) in [6.07, 6.45) is 0.407. The third-order valence-corrected chi connectivity index (χ3v) is 4.50. The van der Waals surface area contributed by atoms with E-state index in [1.807, 2.05) is 6.07 Å². The van der Waals surface area contributed by atoms with Crippen LogP contribution in [-0.4, -0.2) is 24.4 Å². The highest BCUT2D eigenvalue weighted by Crippen LogP contribution is 2.25. The first-order valence-corrected chi connectivity index (χ1v) is 8.12. The first-order valence-electron chi connectivity index (χ1n) is 8.12. The molecule has 2 aromatic rings. The Labute approximate surface area is 157 Å². The van der Waals surface area contributed by atoms with Gasteiger partial charge in [0.1, 0.15) is 17.4 Å². The smallest absolute Gasteiger partial charge is 0.249 e. The van der Waals surface area contributed by atoms with E-state index in [1.54, 1.807) is 49.4 Å². The molecular weight excluding hydrogens is 357 g/mol. The van der Waals surface area contributed by atoms with Crippen LogP contribution in [0.5, 0.6) is 0 Å². The molecule has 1 saturated heterocycles. The standard InChI is InChI=1S/C19H20FN3O2.ClH/c1-19(21,13-7-3-2-4-8-13)18(25)22-15-11-12-23(17(15)24)16-10-6-5-9-14(16)20;/h2-10,15H,11-12,21H2,1H3,(H,22,25);1H. The molecule has 1 fully saturated rings. The molecule has 0 bridgehead atoms. The molecule has 0 spiro atoms. The van der Waals surface area contributed by atoms with Gasteiger partial charge in [-0.25, -0.2) is 4.39 Å². The first-order chi connectivity index (χ1) is 11.9. The second-order valence-corrected chi connectivity index (χ2v) is 6.32. The minimum atomic E-state index is -1.26. The Morgan fingerprint density at radius 1 is 1.19 bits per heavy atom. The summed E-state index contributed by atoms with van der Waals surface area (Å²) in [4.78, 5) is 26.5. The van der Waals surface area contributed by atoms with E-state index in [1.165, 1.54) is 11.0 Å². The van der Waals surface area contributed by atoms with Crippen molar-refractivity contribution in [3.63, 3.8) is 0 Å². The summed E-state index contributed by atoms with van der Waals surface area (Å²) in [7, 11) is 0. The minimum Gasteiger partial charge on any atom is -0.342 e. The van der Waals surface area contributed by atoms with Crippen LogP contribution in [0.2, 0.25) is 0 Å². The summed E-state index contributed by atoms with van der Waals surface area (Å²) in [5.41, 5.74) is 5.80. The normalized spacial score (nSPS) is 18.8. The number of carbonyl (C=O) groups is 2. The van der Waals surface area contributed by atoms with E-state index in [9.17, 15) is 14.0 Å². The van der Waals surface area contributed by atoms with E-state index >= 15 is 0 Å². The molecule has 2 unspecified atom stereocenters. The Morgan fingerprint density at radius 2 is 1.81 bits per heavy atom. The summed E-state index contributed by atoms with van der Waals surface area (Å²) in [5, 5.41) is 2.71. The van der Waals surface area contributed by atoms with Gasteiger partial charge in [-0.05, 0) is 31.0 Å². The second-order valence-electron chi connectivity index (χ2n) is 6.32. The quantitative estimate of drug-likeness (QED) is 0.858. The molecule has 5 nitrogen and oxygen atoms in total. The van der Waals surface area contributed by atoms with Crippen molar-refractivity contribution in [3.8, 4) is 0 Å². The number of rotatable bonds is 4. The minimum absolute atomic E-state index is 0. The summed E-state index contributed by atoms with van der Waals surface area (Å²) >= 11 is 0. The van der Waals surface area contributed by atoms with Crippen LogP contribution in [0.1, 0.15) is 18.9 Å². The van der Waals surface area contributed by atoms with Crippen molar-refractivity contribution in [3.05, 3.63) is 66.0 Å². The first kappa shape index (κ1) is 19.9. The van der Waals surface area contributed by atoms with Crippen molar-refractivity contribution in [2.75, 3.05) is 11.4 Å². The lowest BCUT2D eigenvalue weighted by atomic mass is 9.92. The highest BCUT2D eigenvalue weighted by atomic mass is 35.5. The van der Waals surface area contributed by atoms with Gasteiger partial charge >= 0.3 is 0 Å².